The van der Waals surface area contributed by atoms with Gasteiger partial charge in [0.2, 0.25) is 5.91 Å². The Bertz CT molecular complexity index is 1270. The fourth-order valence-corrected chi connectivity index (χ4v) is 5.45. The second kappa shape index (κ2) is 11.7. The van der Waals surface area contributed by atoms with E-state index in [1.54, 1.807) is 21.1 Å². The van der Waals surface area contributed by atoms with Crippen LogP contribution >= 0.6 is 0 Å². The number of carbonyl (C=O) groups is 2. The number of amides is 3. The van der Waals surface area contributed by atoms with E-state index in [0.717, 1.165) is 16.7 Å². The molecule has 0 bridgehead atoms. The van der Waals surface area contributed by atoms with Crippen molar-refractivity contribution in [3.8, 4) is 11.5 Å². The lowest BCUT2D eigenvalue weighted by Gasteiger charge is -2.39. The Morgan fingerprint density at radius 2 is 1.45 bits per heavy atom. The molecule has 1 unspecified atom stereocenters. The number of nitrogens with one attached hydrogen (secondary N) is 1. The average molecular weight is 547 g/mol. The fraction of sp³-hybridized carbons (Fsp3) is 0.355. The van der Waals surface area contributed by atoms with E-state index in [4.69, 9.17) is 18.9 Å². The van der Waals surface area contributed by atoms with Gasteiger partial charge in [-0.2, -0.15) is 0 Å². The zero-order valence-electron chi connectivity index (χ0n) is 22.8. The standard InChI is InChI=1S/C31H34N2O7/c1-20-18-33(30(36)32-29(20)35)28-17-26(27(19-34)39-28)40-31(21-7-5-4-6-8-21,22-9-13-24(37-2)14-10-22)23-11-15-25(38-3)16-12-23/h4-16,20,26-28,34H,17-19H2,1-3H3,(H,32,35,36)/t20?,26-,27+,28+/m0/s1. The smallest absolute Gasteiger partial charge is 0.326 e. The van der Waals surface area contributed by atoms with E-state index in [-0.39, 0.29) is 25.0 Å². The van der Waals surface area contributed by atoms with Gasteiger partial charge in [-0.1, -0.05) is 61.5 Å². The Kier molecular flexibility index (Phi) is 8.07. The van der Waals surface area contributed by atoms with E-state index in [1.807, 2.05) is 78.9 Å². The van der Waals surface area contributed by atoms with Crippen molar-refractivity contribution in [1.29, 1.82) is 0 Å². The highest BCUT2D eigenvalue weighted by molar-refractivity contribution is 5.97. The summed E-state index contributed by atoms with van der Waals surface area (Å²) in [5, 5.41) is 12.7. The molecule has 5 rings (SSSR count). The Balaban J connectivity index is 1.59. The first kappa shape index (κ1) is 27.6. The third-order valence-corrected chi connectivity index (χ3v) is 7.62. The molecule has 0 aliphatic carbocycles. The van der Waals surface area contributed by atoms with Gasteiger partial charge >= 0.3 is 6.03 Å². The van der Waals surface area contributed by atoms with Gasteiger partial charge in [0.25, 0.3) is 0 Å². The van der Waals surface area contributed by atoms with Crippen LogP contribution in [0.4, 0.5) is 4.79 Å². The second-order valence-corrected chi connectivity index (χ2v) is 10.1. The summed E-state index contributed by atoms with van der Waals surface area (Å²) in [4.78, 5) is 26.2. The summed E-state index contributed by atoms with van der Waals surface area (Å²) in [5.74, 6) is 0.721. The summed E-state index contributed by atoms with van der Waals surface area (Å²) in [6.07, 6.45) is -1.66. The number of benzene rings is 3. The van der Waals surface area contributed by atoms with E-state index in [9.17, 15) is 14.7 Å². The Labute approximate surface area is 233 Å². The number of hydrogen-bond acceptors (Lipinski definition) is 7. The average Bonchev–Trinajstić information content (AvgIpc) is 3.40. The molecule has 2 aliphatic rings. The van der Waals surface area contributed by atoms with Gasteiger partial charge in [0.1, 0.15) is 29.4 Å². The van der Waals surface area contributed by atoms with Gasteiger partial charge in [0.05, 0.1) is 32.8 Å². The van der Waals surface area contributed by atoms with E-state index >= 15 is 0 Å². The molecule has 40 heavy (non-hydrogen) atoms. The van der Waals surface area contributed by atoms with Crippen LogP contribution < -0.4 is 14.8 Å². The summed E-state index contributed by atoms with van der Waals surface area (Å²) in [6, 6.07) is 24.7. The molecule has 3 aromatic rings. The van der Waals surface area contributed by atoms with Crippen LogP contribution in [0, 0.1) is 5.92 Å². The number of carbonyl (C=O) groups excluding carboxylic acids is 2. The van der Waals surface area contributed by atoms with Crippen molar-refractivity contribution < 1.29 is 33.6 Å². The minimum atomic E-state index is -1.11. The number of methoxy groups -OCH3 is 2. The second-order valence-electron chi connectivity index (χ2n) is 10.1. The van der Waals surface area contributed by atoms with E-state index in [0.29, 0.717) is 17.9 Å². The van der Waals surface area contributed by atoms with E-state index < -0.39 is 30.1 Å². The first-order chi connectivity index (χ1) is 19.4. The Morgan fingerprint density at radius 3 is 1.98 bits per heavy atom. The van der Waals surface area contributed by atoms with E-state index in [1.165, 1.54) is 4.90 Å². The van der Waals surface area contributed by atoms with Crippen molar-refractivity contribution in [2.24, 2.45) is 5.92 Å². The molecule has 9 nitrogen and oxygen atoms in total. The van der Waals surface area contributed by atoms with E-state index in [2.05, 4.69) is 5.32 Å². The lowest BCUT2D eigenvalue weighted by molar-refractivity contribution is -0.129. The van der Waals surface area contributed by atoms with Gasteiger partial charge in [0, 0.05) is 13.0 Å². The molecule has 2 saturated heterocycles. The molecular weight excluding hydrogens is 512 g/mol. The number of rotatable bonds is 9. The Morgan fingerprint density at radius 1 is 0.900 bits per heavy atom. The fourth-order valence-electron chi connectivity index (χ4n) is 5.45. The van der Waals surface area contributed by atoms with Crippen LogP contribution in [0.15, 0.2) is 78.9 Å². The summed E-state index contributed by atoms with van der Waals surface area (Å²) < 4.78 is 24.1. The number of urea groups is 1. The van der Waals surface area contributed by atoms with Gasteiger partial charge in [-0.05, 0) is 41.0 Å². The normalized spacial score (nSPS) is 23.1. The van der Waals surface area contributed by atoms with Crippen LogP contribution in [0.3, 0.4) is 0 Å². The molecule has 3 aromatic carbocycles. The van der Waals surface area contributed by atoms with Crippen molar-refractivity contribution >= 4 is 11.9 Å². The highest BCUT2D eigenvalue weighted by atomic mass is 16.6. The maximum atomic E-state index is 12.7. The van der Waals surface area contributed by atoms with Crippen LogP contribution in [0.5, 0.6) is 11.5 Å². The number of aliphatic hydroxyl groups is 1. The summed E-state index contributed by atoms with van der Waals surface area (Å²) >= 11 is 0. The molecule has 0 saturated carbocycles. The predicted molar refractivity (Wildman–Crippen MR) is 147 cm³/mol. The molecule has 9 heteroatoms. The molecule has 2 heterocycles. The maximum absolute atomic E-state index is 12.7. The number of imide groups is 1. The number of ether oxygens (including phenoxy) is 4. The number of nitrogens with zero attached hydrogens (tertiary/aromatic N) is 1. The number of aliphatic hydroxyl groups excluding tert-OH is 1. The SMILES string of the molecule is COc1ccc(C(O[C@H]2C[C@H](N3CC(C)C(=O)NC3=O)O[C@@H]2CO)(c2ccccc2)c2ccc(OC)cc2)cc1. The highest BCUT2D eigenvalue weighted by Crippen LogP contribution is 2.45. The molecule has 2 N–H and O–H groups in total. The minimum absolute atomic E-state index is 0.223. The van der Waals surface area contributed by atoms with Gasteiger partial charge in [-0.15, -0.1) is 0 Å². The van der Waals surface area contributed by atoms with Crippen LogP contribution in [0.25, 0.3) is 0 Å². The molecule has 3 amide bonds. The Hall–Kier alpha value is -3.92. The van der Waals surface area contributed by atoms with Gasteiger partial charge < -0.3 is 24.1 Å². The van der Waals surface area contributed by atoms with Crippen molar-refractivity contribution in [2.45, 2.75) is 37.4 Å². The van der Waals surface area contributed by atoms with Crippen LogP contribution in [-0.2, 0) is 19.9 Å². The van der Waals surface area contributed by atoms with Gasteiger partial charge in [-0.25, -0.2) is 4.79 Å². The summed E-state index contributed by atoms with van der Waals surface area (Å²) in [6.45, 7) is 1.68. The predicted octanol–water partition coefficient (Wildman–Crippen LogP) is 3.68. The first-order valence-corrected chi connectivity index (χ1v) is 13.3. The summed E-state index contributed by atoms with van der Waals surface area (Å²) in [5.41, 5.74) is 1.46. The van der Waals surface area contributed by atoms with Gasteiger partial charge in [-0.3, -0.25) is 15.0 Å². The van der Waals surface area contributed by atoms with Crippen molar-refractivity contribution in [2.75, 3.05) is 27.4 Å². The molecular formula is C31H34N2O7. The topological polar surface area (TPSA) is 107 Å². The van der Waals surface area contributed by atoms with Crippen molar-refractivity contribution in [1.82, 2.24) is 10.2 Å². The lowest BCUT2D eigenvalue weighted by atomic mass is 9.79. The lowest BCUT2D eigenvalue weighted by Crippen LogP contribution is -2.57. The third-order valence-electron chi connectivity index (χ3n) is 7.62. The van der Waals surface area contributed by atoms with Crippen LogP contribution in [0.2, 0.25) is 0 Å². The van der Waals surface area contributed by atoms with Gasteiger partial charge in [0.15, 0.2) is 0 Å². The quantitative estimate of drug-likeness (QED) is 0.395. The highest BCUT2D eigenvalue weighted by Gasteiger charge is 2.48. The molecule has 0 radical (unpaired) electrons. The molecule has 4 atom stereocenters. The largest absolute Gasteiger partial charge is 0.497 e. The maximum Gasteiger partial charge on any atom is 0.326 e. The molecule has 210 valence electrons. The van der Waals surface area contributed by atoms with Crippen molar-refractivity contribution in [3.63, 3.8) is 0 Å². The first-order valence-electron chi connectivity index (χ1n) is 13.3. The third kappa shape index (κ3) is 5.15. The molecule has 0 aromatic heterocycles. The molecule has 2 aliphatic heterocycles. The number of hydrogen-bond donors (Lipinski definition) is 2. The monoisotopic (exact) mass is 546 g/mol. The molecule has 2 fully saturated rings. The van der Waals surface area contributed by atoms with Crippen LogP contribution in [-0.4, -0.2) is 67.8 Å². The zero-order chi connectivity index (χ0) is 28.3. The minimum Gasteiger partial charge on any atom is -0.497 e. The summed E-state index contributed by atoms with van der Waals surface area (Å²) in [7, 11) is 3.24. The van der Waals surface area contributed by atoms with Crippen LogP contribution in [0.1, 0.15) is 30.0 Å². The van der Waals surface area contributed by atoms with Crippen molar-refractivity contribution in [3.05, 3.63) is 95.6 Å². The zero-order valence-corrected chi connectivity index (χ0v) is 22.8. The molecule has 0 spiro atoms.